The van der Waals surface area contributed by atoms with Crippen LogP contribution in [0.3, 0.4) is 0 Å². The Bertz CT molecular complexity index is 508. The molecule has 0 radical (unpaired) electrons. The summed E-state index contributed by atoms with van der Waals surface area (Å²) < 4.78 is 1.18. The highest BCUT2D eigenvalue weighted by atomic mass is 16.3. The highest BCUT2D eigenvalue weighted by Crippen LogP contribution is 2.08. The SMILES string of the molecule is Cc1nn(C)c(=O)c(C(=O)N(C)CCCO)c1C. The summed E-state index contributed by atoms with van der Waals surface area (Å²) in [5.41, 5.74) is 1.04. The first kappa shape index (κ1) is 14.4. The topological polar surface area (TPSA) is 75.4 Å². The number of aryl methyl sites for hydroxylation is 2. The molecular formula is C12H19N3O3. The molecule has 6 nitrogen and oxygen atoms in total. The van der Waals surface area contributed by atoms with Crippen LogP contribution in [0.5, 0.6) is 0 Å². The summed E-state index contributed by atoms with van der Waals surface area (Å²) >= 11 is 0. The van der Waals surface area contributed by atoms with E-state index in [0.29, 0.717) is 24.2 Å². The summed E-state index contributed by atoms with van der Waals surface area (Å²) in [7, 11) is 3.14. The van der Waals surface area contributed by atoms with Gasteiger partial charge in [0.2, 0.25) is 0 Å². The van der Waals surface area contributed by atoms with Gasteiger partial charge in [-0.15, -0.1) is 0 Å². The van der Waals surface area contributed by atoms with Crippen LogP contribution in [0.2, 0.25) is 0 Å². The van der Waals surface area contributed by atoms with Crippen molar-refractivity contribution in [2.75, 3.05) is 20.2 Å². The van der Waals surface area contributed by atoms with Gasteiger partial charge in [-0.25, -0.2) is 4.68 Å². The van der Waals surface area contributed by atoms with E-state index in [0.717, 1.165) is 0 Å². The van der Waals surface area contributed by atoms with E-state index in [1.807, 2.05) is 0 Å². The molecule has 0 saturated carbocycles. The number of hydrogen-bond donors (Lipinski definition) is 1. The number of hydrogen-bond acceptors (Lipinski definition) is 4. The van der Waals surface area contributed by atoms with Gasteiger partial charge < -0.3 is 10.0 Å². The van der Waals surface area contributed by atoms with Gasteiger partial charge in [-0.1, -0.05) is 0 Å². The third-order valence-electron chi connectivity index (χ3n) is 2.94. The summed E-state index contributed by atoms with van der Waals surface area (Å²) in [5, 5.41) is 12.8. The smallest absolute Gasteiger partial charge is 0.279 e. The lowest BCUT2D eigenvalue weighted by molar-refractivity contribution is 0.0782. The van der Waals surface area contributed by atoms with Crippen LogP contribution in [0.4, 0.5) is 0 Å². The second-order valence-electron chi connectivity index (χ2n) is 4.32. The van der Waals surface area contributed by atoms with Crippen molar-refractivity contribution in [3.8, 4) is 0 Å². The first-order valence-corrected chi connectivity index (χ1v) is 5.81. The van der Waals surface area contributed by atoms with Crippen LogP contribution in [0.1, 0.15) is 28.0 Å². The summed E-state index contributed by atoms with van der Waals surface area (Å²) in [6.07, 6.45) is 0.492. The molecule has 0 atom stereocenters. The molecule has 0 spiro atoms. The van der Waals surface area contributed by atoms with Gasteiger partial charge in [0, 0.05) is 27.2 Å². The molecular weight excluding hydrogens is 234 g/mol. The molecule has 6 heteroatoms. The minimum atomic E-state index is -0.390. The van der Waals surface area contributed by atoms with Crippen molar-refractivity contribution in [2.45, 2.75) is 20.3 Å². The maximum Gasteiger partial charge on any atom is 0.279 e. The number of carbonyl (C=O) groups excluding carboxylic acids is 1. The van der Waals surface area contributed by atoms with E-state index in [2.05, 4.69) is 5.10 Å². The van der Waals surface area contributed by atoms with E-state index >= 15 is 0 Å². The quantitative estimate of drug-likeness (QED) is 0.810. The molecule has 0 unspecified atom stereocenters. The monoisotopic (exact) mass is 253 g/mol. The lowest BCUT2D eigenvalue weighted by Crippen LogP contribution is -2.36. The van der Waals surface area contributed by atoms with Gasteiger partial charge in [-0.05, 0) is 25.8 Å². The molecule has 1 aromatic heterocycles. The van der Waals surface area contributed by atoms with Crippen molar-refractivity contribution >= 4 is 5.91 Å². The highest BCUT2D eigenvalue weighted by molar-refractivity contribution is 5.95. The second-order valence-corrected chi connectivity index (χ2v) is 4.32. The zero-order valence-electron chi connectivity index (χ0n) is 11.2. The van der Waals surface area contributed by atoms with Crippen molar-refractivity contribution < 1.29 is 9.90 Å². The van der Waals surface area contributed by atoms with Crippen LogP contribution in [0, 0.1) is 13.8 Å². The van der Waals surface area contributed by atoms with Crippen LogP contribution < -0.4 is 5.56 Å². The fourth-order valence-electron chi connectivity index (χ4n) is 1.70. The summed E-state index contributed by atoms with van der Waals surface area (Å²) in [5.74, 6) is -0.327. The van der Waals surface area contributed by atoms with Gasteiger partial charge in [0.15, 0.2) is 0 Å². The number of aromatic nitrogens is 2. The fourth-order valence-corrected chi connectivity index (χ4v) is 1.70. The predicted octanol–water partition coefficient (Wildman–Crippen LogP) is -0.148. The average Bonchev–Trinajstić information content (AvgIpc) is 2.33. The van der Waals surface area contributed by atoms with Crippen molar-refractivity contribution in [1.82, 2.24) is 14.7 Å². The minimum absolute atomic E-state index is 0.0178. The van der Waals surface area contributed by atoms with Crippen molar-refractivity contribution in [1.29, 1.82) is 0 Å². The Morgan fingerprint density at radius 1 is 1.44 bits per heavy atom. The molecule has 1 heterocycles. The van der Waals surface area contributed by atoms with Crippen LogP contribution in [0.15, 0.2) is 4.79 Å². The van der Waals surface area contributed by atoms with Gasteiger partial charge in [-0.2, -0.15) is 5.10 Å². The van der Waals surface area contributed by atoms with Crippen molar-refractivity contribution in [3.63, 3.8) is 0 Å². The molecule has 0 aromatic carbocycles. The third-order valence-corrected chi connectivity index (χ3v) is 2.94. The highest BCUT2D eigenvalue weighted by Gasteiger charge is 2.20. The molecule has 0 aliphatic rings. The minimum Gasteiger partial charge on any atom is -0.396 e. The van der Waals surface area contributed by atoms with Crippen molar-refractivity contribution in [3.05, 3.63) is 27.2 Å². The average molecular weight is 253 g/mol. The molecule has 0 bridgehead atoms. The molecule has 18 heavy (non-hydrogen) atoms. The largest absolute Gasteiger partial charge is 0.396 e. The van der Waals surface area contributed by atoms with E-state index < -0.39 is 0 Å². The lowest BCUT2D eigenvalue weighted by Gasteiger charge is -2.18. The summed E-state index contributed by atoms with van der Waals surface area (Å²) in [6, 6.07) is 0. The van der Waals surface area contributed by atoms with E-state index in [1.165, 1.54) is 16.6 Å². The summed E-state index contributed by atoms with van der Waals surface area (Å²) in [6.45, 7) is 3.92. The van der Waals surface area contributed by atoms with E-state index in [1.54, 1.807) is 20.9 Å². The molecule has 0 saturated heterocycles. The molecule has 0 fully saturated rings. The Labute approximate surface area is 106 Å². The Hall–Kier alpha value is -1.69. The maximum absolute atomic E-state index is 12.2. The number of amides is 1. The second kappa shape index (κ2) is 5.77. The Balaban J connectivity index is 3.17. The van der Waals surface area contributed by atoms with Gasteiger partial charge in [0.05, 0.1) is 5.69 Å². The zero-order chi connectivity index (χ0) is 13.9. The van der Waals surface area contributed by atoms with Crippen LogP contribution in [-0.4, -0.2) is 45.9 Å². The van der Waals surface area contributed by atoms with Gasteiger partial charge >= 0.3 is 0 Å². The molecule has 1 amide bonds. The number of aliphatic hydroxyl groups is 1. The number of aliphatic hydroxyl groups excluding tert-OH is 1. The van der Waals surface area contributed by atoms with Gasteiger partial charge in [-0.3, -0.25) is 9.59 Å². The Morgan fingerprint density at radius 3 is 2.61 bits per heavy atom. The van der Waals surface area contributed by atoms with Crippen molar-refractivity contribution in [2.24, 2.45) is 7.05 Å². The molecule has 100 valence electrons. The third kappa shape index (κ3) is 2.76. The van der Waals surface area contributed by atoms with E-state index in [4.69, 9.17) is 5.11 Å². The van der Waals surface area contributed by atoms with E-state index in [9.17, 15) is 9.59 Å². The maximum atomic E-state index is 12.2. The molecule has 1 aromatic rings. The molecule has 1 N–H and O–H groups in total. The normalized spacial score (nSPS) is 10.5. The number of nitrogens with zero attached hydrogens (tertiary/aromatic N) is 3. The molecule has 0 aliphatic carbocycles. The first-order chi connectivity index (χ1) is 8.40. The molecule has 1 rings (SSSR count). The van der Waals surface area contributed by atoms with E-state index in [-0.39, 0.29) is 23.6 Å². The standard InChI is InChI=1S/C12H19N3O3/c1-8-9(2)13-15(4)12(18)10(8)11(17)14(3)6-5-7-16/h16H,5-7H2,1-4H3. The predicted molar refractivity (Wildman–Crippen MR) is 67.6 cm³/mol. The molecule has 0 aliphatic heterocycles. The number of carbonyl (C=O) groups is 1. The van der Waals surface area contributed by atoms with Crippen LogP contribution in [-0.2, 0) is 7.05 Å². The fraction of sp³-hybridized carbons (Fsp3) is 0.583. The van der Waals surface area contributed by atoms with Crippen LogP contribution in [0.25, 0.3) is 0 Å². The first-order valence-electron chi connectivity index (χ1n) is 5.81. The van der Waals surface area contributed by atoms with Crippen LogP contribution >= 0.6 is 0 Å². The van der Waals surface area contributed by atoms with Gasteiger partial charge in [0.1, 0.15) is 5.56 Å². The van der Waals surface area contributed by atoms with Gasteiger partial charge in [0.25, 0.3) is 11.5 Å². The summed E-state index contributed by atoms with van der Waals surface area (Å²) in [4.78, 5) is 25.6. The Kier molecular flexibility index (Phi) is 4.61. The number of rotatable bonds is 4. The Morgan fingerprint density at radius 2 is 2.06 bits per heavy atom. The lowest BCUT2D eigenvalue weighted by atomic mass is 10.1. The zero-order valence-corrected chi connectivity index (χ0v) is 11.2.